The summed E-state index contributed by atoms with van der Waals surface area (Å²) < 4.78 is 14.4. The quantitative estimate of drug-likeness (QED) is 0.607. The highest BCUT2D eigenvalue weighted by Gasteiger charge is 2.31. The maximum Gasteiger partial charge on any atom is 0.214 e. The number of nitrogens with zero attached hydrogens (tertiary/aromatic N) is 1. The Hall–Kier alpha value is 0.730. The second-order valence-electron chi connectivity index (χ2n) is 3.37. The molecule has 0 saturated carbocycles. The van der Waals surface area contributed by atoms with Gasteiger partial charge in [0, 0.05) is 37.6 Å². The van der Waals surface area contributed by atoms with Crippen LogP contribution in [-0.4, -0.2) is 42.2 Å². The van der Waals surface area contributed by atoms with Gasteiger partial charge < -0.3 is 0 Å². The lowest BCUT2D eigenvalue weighted by Crippen LogP contribution is -2.35. The zero-order valence-corrected chi connectivity index (χ0v) is 10.6. The van der Waals surface area contributed by atoms with Gasteiger partial charge in [0.1, 0.15) is 0 Å². The van der Waals surface area contributed by atoms with Gasteiger partial charge >= 0.3 is 0 Å². The Labute approximate surface area is 95.6 Å². The zero-order valence-electron chi connectivity index (χ0n) is 8.22. The van der Waals surface area contributed by atoms with Crippen molar-refractivity contribution in [3.63, 3.8) is 0 Å². The Morgan fingerprint density at radius 2 is 2.07 bits per heavy atom. The number of nitrogens with one attached hydrogen (secondary N) is 1. The zero-order chi connectivity index (χ0) is 10.4. The van der Waals surface area contributed by atoms with E-state index in [0.717, 1.165) is 25.5 Å². The molecule has 0 spiro atoms. The monoisotopic (exact) mass is 258 g/mol. The van der Waals surface area contributed by atoms with Crippen molar-refractivity contribution in [2.24, 2.45) is 0 Å². The molecule has 3 nitrogen and oxygen atoms in total. The second kappa shape index (κ2) is 6.34. The maximum absolute atomic E-state index is 12.4. The molecule has 0 aliphatic carbocycles. The SMILES string of the molecule is O=P1(NCCCl)CCCCN1CCCl. The predicted molar refractivity (Wildman–Crippen MR) is 62.7 cm³/mol. The molecule has 1 aliphatic heterocycles. The van der Waals surface area contributed by atoms with Crippen LogP contribution in [0.5, 0.6) is 0 Å². The number of hydrogen-bond donors (Lipinski definition) is 1. The first-order chi connectivity index (χ1) is 6.73. The average Bonchev–Trinajstić information content (AvgIpc) is 2.19. The number of alkyl halides is 2. The molecule has 1 unspecified atom stereocenters. The molecule has 1 aliphatic rings. The van der Waals surface area contributed by atoms with Gasteiger partial charge in [0.2, 0.25) is 7.44 Å². The highest BCUT2D eigenvalue weighted by Crippen LogP contribution is 2.48. The molecular weight excluding hydrogens is 242 g/mol. The van der Waals surface area contributed by atoms with Gasteiger partial charge in [-0.2, -0.15) is 0 Å². The van der Waals surface area contributed by atoms with Gasteiger partial charge in [-0.25, -0.2) is 4.67 Å². The van der Waals surface area contributed by atoms with E-state index in [9.17, 15) is 4.57 Å². The van der Waals surface area contributed by atoms with Crippen molar-refractivity contribution in [3.8, 4) is 0 Å². The van der Waals surface area contributed by atoms with Crippen LogP contribution < -0.4 is 5.09 Å². The molecular formula is C8H17Cl2N2OP. The topological polar surface area (TPSA) is 32.3 Å². The van der Waals surface area contributed by atoms with Gasteiger partial charge in [0.05, 0.1) is 0 Å². The second-order valence-corrected chi connectivity index (χ2v) is 6.86. The third-order valence-corrected chi connectivity index (χ3v) is 5.69. The fourth-order valence-corrected chi connectivity index (χ4v) is 4.88. The van der Waals surface area contributed by atoms with E-state index in [4.69, 9.17) is 23.2 Å². The van der Waals surface area contributed by atoms with Gasteiger partial charge in [-0.3, -0.25) is 9.65 Å². The molecule has 0 amide bonds. The normalized spacial score (nSPS) is 29.3. The van der Waals surface area contributed by atoms with Gasteiger partial charge in [-0.05, 0) is 12.8 Å². The van der Waals surface area contributed by atoms with Crippen LogP contribution >= 0.6 is 30.6 Å². The van der Waals surface area contributed by atoms with Crippen LogP contribution in [0, 0.1) is 0 Å². The number of rotatable bonds is 5. The van der Waals surface area contributed by atoms with E-state index in [0.29, 0.717) is 24.8 Å². The van der Waals surface area contributed by atoms with E-state index in [1.165, 1.54) is 0 Å². The Bertz CT molecular complexity index is 214. The van der Waals surface area contributed by atoms with E-state index < -0.39 is 7.44 Å². The van der Waals surface area contributed by atoms with Crippen LogP contribution in [0.25, 0.3) is 0 Å². The summed E-state index contributed by atoms with van der Waals surface area (Å²) in [6.07, 6.45) is 2.90. The largest absolute Gasteiger partial charge is 0.289 e. The molecule has 0 bridgehead atoms. The summed E-state index contributed by atoms with van der Waals surface area (Å²) in [6.45, 7) is 2.20. The molecule has 0 aromatic rings. The summed E-state index contributed by atoms with van der Waals surface area (Å²) in [4.78, 5) is 0. The van der Waals surface area contributed by atoms with Crippen molar-refractivity contribution in [2.75, 3.05) is 37.6 Å². The van der Waals surface area contributed by atoms with Gasteiger partial charge in [0.15, 0.2) is 0 Å². The highest BCUT2D eigenvalue weighted by atomic mass is 35.5. The fraction of sp³-hybridized carbons (Fsp3) is 1.00. The summed E-state index contributed by atoms with van der Waals surface area (Å²) >= 11 is 11.3. The van der Waals surface area contributed by atoms with E-state index >= 15 is 0 Å². The molecule has 14 heavy (non-hydrogen) atoms. The molecule has 0 aromatic heterocycles. The lowest BCUT2D eigenvalue weighted by atomic mass is 10.3. The van der Waals surface area contributed by atoms with Crippen LogP contribution in [-0.2, 0) is 4.57 Å². The first kappa shape index (κ1) is 12.8. The molecule has 84 valence electrons. The standard InChI is InChI=1S/C8H17Cl2N2OP/c9-3-5-11-14(13)8-2-1-6-12(14)7-4-10/h1-8H2,(H,11,13). The molecule has 1 heterocycles. The van der Waals surface area contributed by atoms with Crippen LogP contribution in [0.1, 0.15) is 12.8 Å². The molecule has 6 heteroatoms. The minimum absolute atomic E-state index is 0.499. The minimum atomic E-state index is -2.34. The summed E-state index contributed by atoms with van der Waals surface area (Å²) in [5.74, 6) is 1.03. The lowest BCUT2D eigenvalue weighted by molar-refractivity contribution is 0.388. The van der Waals surface area contributed by atoms with Crippen molar-refractivity contribution >= 4 is 30.6 Å². The fourth-order valence-electron chi connectivity index (χ4n) is 1.69. The molecule has 1 saturated heterocycles. The Morgan fingerprint density at radius 1 is 1.29 bits per heavy atom. The molecule has 1 N–H and O–H groups in total. The molecule has 1 atom stereocenters. The van der Waals surface area contributed by atoms with E-state index in [2.05, 4.69) is 5.09 Å². The van der Waals surface area contributed by atoms with Crippen molar-refractivity contribution in [2.45, 2.75) is 12.8 Å². The van der Waals surface area contributed by atoms with Crippen molar-refractivity contribution in [1.82, 2.24) is 9.76 Å². The number of halogens is 2. The van der Waals surface area contributed by atoms with Crippen LogP contribution in [0.2, 0.25) is 0 Å². The third kappa shape index (κ3) is 3.39. The summed E-state index contributed by atoms with van der Waals surface area (Å²) in [6, 6.07) is 0. The molecule has 0 aromatic carbocycles. The van der Waals surface area contributed by atoms with Crippen molar-refractivity contribution < 1.29 is 4.57 Å². The third-order valence-electron chi connectivity index (χ3n) is 2.38. The average molecular weight is 259 g/mol. The Balaban J connectivity index is 2.55. The first-order valence-corrected chi connectivity index (χ1v) is 7.86. The van der Waals surface area contributed by atoms with E-state index in [-0.39, 0.29) is 0 Å². The maximum atomic E-state index is 12.4. The molecule has 1 rings (SSSR count). The lowest BCUT2D eigenvalue weighted by Gasteiger charge is -2.35. The summed E-state index contributed by atoms with van der Waals surface area (Å²) in [7, 11) is -2.34. The van der Waals surface area contributed by atoms with E-state index in [1.807, 2.05) is 4.67 Å². The Morgan fingerprint density at radius 3 is 2.71 bits per heavy atom. The van der Waals surface area contributed by atoms with Gasteiger partial charge in [-0.15, -0.1) is 23.2 Å². The van der Waals surface area contributed by atoms with Gasteiger partial charge in [0.25, 0.3) is 0 Å². The first-order valence-electron chi connectivity index (χ1n) is 4.94. The number of hydrogen-bond acceptors (Lipinski definition) is 1. The van der Waals surface area contributed by atoms with Crippen molar-refractivity contribution in [3.05, 3.63) is 0 Å². The smallest absolute Gasteiger partial charge is 0.214 e. The van der Waals surface area contributed by atoms with Gasteiger partial charge in [-0.1, -0.05) is 0 Å². The van der Waals surface area contributed by atoms with E-state index in [1.54, 1.807) is 0 Å². The molecule has 0 radical (unpaired) electrons. The summed E-state index contributed by atoms with van der Waals surface area (Å²) in [5.41, 5.74) is 0. The highest BCUT2D eigenvalue weighted by molar-refractivity contribution is 7.59. The van der Waals surface area contributed by atoms with Crippen LogP contribution in [0.4, 0.5) is 0 Å². The molecule has 1 fully saturated rings. The predicted octanol–water partition coefficient (Wildman–Crippen LogP) is 2.34. The summed E-state index contributed by atoms with van der Waals surface area (Å²) in [5, 5.41) is 3.07. The minimum Gasteiger partial charge on any atom is -0.289 e. The van der Waals surface area contributed by atoms with Crippen molar-refractivity contribution in [1.29, 1.82) is 0 Å². The Kier molecular flexibility index (Phi) is 5.80. The van der Waals surface area contributed by atoms with Crippen LogP contribution in [0.15, 0.2) is 0 Å². The van der Waals surface area contributed by atoms with Crippen LogP contribution in [0.3, 0.4) is 0 Å².